The van der Waals surface area contributed by atoms with Crippen molar-refractivity contribution in [2.45, 2.75) is 31.4 Å². The Bertz CT molecular complexity index is 319. The van der Waals surface area contributed by atoms with Crippen LogP contribution in [0.25, 0.3) is 0 Å². The van der Waals surface area contributed by atoms with Gasteiger partial charge >= 0.3 is 0 Å². The molecule has 2 unspecified atom stereocenters. The van der Waals surface area contributed by atoms with Gasteiger partial charge in [-0.3, -0.25) is 4.98 Å². The largest absolute Gasteiger partial charge is 0.489 e. The van der Waals surface area contributed by atoms with Gasteiger partial charge in [0.2, 0.25) is 0 Å². The molecule has 0 bridgehead atoms. The molecule has 0 amide bonds. The standard InChI is InChI=1S/C10H13BrN2O/c11-9-6-13-4-3-10(9)14-8-2-1-7(12)5-8/h3-4,6-8H,1-2,5,12H2. The third kappa shape index (κ3) is 2.25. The Labute approximate surface area is 91.8 Å². The number of halogens is 1. The van der Waals surface area contributed by atoms with E-state index in [0.29, 0.717) is 6.04 Å². The summed E-state index contributed by atoms with van der Waals surface area (Å²) in [6, 6.07) is 2.18. The molecule has 0 radical (unpaired) electrons. The van der Waals surface area contributed by atoms with E-state index in [1.807, 2.05) is 6.07 Å². The van der Waals surface area contributed by atoms with Gasteiger partial charge in [0.05, 0.1) is 4.47 Å². The van der Waals surface area contributed by atoms with E-state index in [1.54, 1.807) is 12.4 Å². The van der Waals surface area contributed by atoms with E-state index in [9.17, 15) is 0 Å². The van der Waals surface area contributed by atoms with Gasteiger partial charge in [0.15, 0.2) is 0 Å². The van der Waals surface area contributed by atoms with Gasteiger partial charge in [0.1, 0.15) is 11.9 Å². The molecule has 0 spiro atoms. The fourth-order valence-corrected chi connectivity index (χ4v) is 2.06. The Morgan fingerprint density at radius 2 is 2.36 bits per heavy atom. The fraction of sp³-hybridized carbons (Fsp3) is 0.500. The van der Waals surface area contributed by atoms with Gasteiger partial charge in [-0.2, -0.15) is 0 Å². The summed E-state index contributed by atoms with van der Waals surface area (Å²) >= 11 is 3.40. The molecular weight excluding hydrogens is 244 g/mol. The number of nitrogens with zero attached hydrogens (tertiary/aromatic N) is 1. The Hall–Kier alpha value is -0.610. The first-order valence-electron chi connectivity index (χ1n) is 4.77. The molecule has 0 saturated heterocycles. The summed E-state index contributed by atoms with van der Waals surface area (Å²) in [6.07, 6.45) is 6.81. The number of hydrogen-bond acceptors (Lipinski definition) is 3. The average molecular weight is 257 g/mol. The first-order chi connectivity index (χ1) is 6.75. The van der Waals surface area contributed by atoms with E-state index >= 15 is 0 Å². The van der Waals surface area contributed by atoms with Crippen LogP contribution in [0.2, 0.25) is 0 Å². The highest BCUT2D eigenvalue weighted by Crippen LogP contribution is 2.28. The third-order valence-corrected chi connectivity index (χ3v) is 3.05. The van der Waals surface area contributed by atoms with E-state index < -0.39 is 0 Å². The highest BCUT2D eigenvalue weighted by molar-refractivity contribution is 9.10. The van der Waals surface area contributed by atoms with Crippen LogP contribution in [-0.2, 0) is 0 Å². The average Bonchev–Trinajstić information content (AvgIpc) is 2.56. The minimum absolute atomic E-state index is 0.267. The number of aromatic nitrogens is 1. The Morgan fingerprint density at radius 1 is 1.50 bits per heavy atom. The summed E-state index contributed by atoms with van der Waals surface area (Å²) in [5.74, 6) is 0.860. The normalized spacial score (nSPS) is 26.4. The van der Waals surface area contributed by atoms with E-state index in [-0.39, 0.29) is 6.10 Å². The summed E-state index contributed by atoms with van der Waals surface area (Å²) in [5.41, 5.74) is 5.81. The van der Waals surface area contributed by atoms with Gasteiger partial charge in [-0.05, 0) is 41.3 Å². The zero-order valence-electron chi connectivity index (χ0n) is 7.82. The molecule has 14 heavy (non-hydrogen) atoms. The molecule has 1 aliphatic carbocycles. The molecule has 2 N–H and O–H groups in total. The van der Waals surface area contributed by atoms with Crippen LogP contribution in [0.4, 0.5) is 0 Å². The quantitative estimate of drug-likeness (QED) is 0.882. The van der Waals surface area contributed by atoms with Gasteiger partial charge in [0.25, 0.3) is 0 Å². The van der Waals surface area contributed by atoms with E-state index in [4.69, 9.17) is 10.5 Å². The minimum atomic E-state index is 0.267. The number of pyridine rings is 1. The van der Waals surface area contributed by atoms with E-state index in [1.165, 1.54) is 0 Å². The predicted octanol–water partition coefficient (Wildman–Crippen LogP) is 2.10. The first-order valence-corrected chi connectivity index (χ1v) is 5.57. The maximum atomic E-state index is 5.81. The summed E-state index contributed by atoms with van der Waals surface area (Å²) in [4.78, 5) is 3.98. The SMILES string of the molecule is NC1CCC(Oc2ccncc2Br)C1. The van der Waals surface area contributed by atoms with Crippen molar-refractivity contribution < 1.29 is 4.74 Å². The van der Waals surface area contributed by atoms with Crippen LogP contribution < -0.4 is 10.5 Å². The number of hydrogen-bond donors (Lipinski definition) is 1. The topological polar surface area (TPSA) is 48.1 Å². The molecule has 0 aliphatic heterocycles. The molecule has 2 rings (SSSR count). The first kappa shape index (κ1) is 9.93. The third-order valence-electron chi connectivity index (χ3n) is 2.45. The highest BCUT2D eigenvalue weighted by Gasteiger charge is 2.23. The van der Waals surface area contributed by atoms with Crippen LogP contribution in [0.3, 0.4) is 0 Å². The summed E-state index contributed by atoms with van der Waals surface area (Å²) in [7, 11) is 0. The van der Waals surface area contributed by atoms with Crippen molar-refractivity contribution in [3.8, 4) is 5.75 Å². The van der Waals surface area contributed by atoms with Gasteiger partial charge in [-0.1, -0.05) is 0 Å². The van der Waals surface area contributed by atoms with Crippen molar-refractivity contribution >= 4 is 15.9 Å². The zero-order valence-corrected chi connectivity index (χ0v) is 9.40. The van der Waals surface area contributed by atoms with Crippen LogP contribution in [0.15, 0.2) is 22.9 Å². The summed E-state index contributed by atoms with van der Waals surface area (Å²) in [5, 5.41) is 0. The van der Waals surface area contributed by atoms with Crippen LogP contribution in [0.5, 0.6) is 5.75 Å². The second-order valence-electron chi connectivity index (χ2n) is 3.62. The summed E-state index contributed by atoms with van der Waals surface area (Å²) < 4.78 is 6.71. The molecule has 0 aromatic carbocycles. The molecule has 1 aromatic rings. The molecule has 1 aromatic heterocycles. The molecule has 1 saturated carbocycles. The second kappa shape index (κ2) is 4.28. The lowest BCUT2D eigenvalue weighted by Crippen LogP contribution is -2.19. The smallest absolute Gasteiger partial charge is 0.136 e. The molecule has 76 valence electrons. The van der Waals surface area contributed by atoms with E-state index in [2.05, 4.69) is 20.9 Å². The van der Waals surface area contributed by atoms with Gasteiger partial charge in [-0.25, -0.2) is 0 Å². The maximum Gasteiger partial charge on any atom is 0.136 e. The highest BCUT2D eigenvalue weighted by atomic mass is 79.9. The van der Waals surface area contributed by atoms with Crippen molar-refractivity contribution in [2.24, 2.45) is 5.73 Å². The number of rotatable bonds is 2. The van der Waals surface area contributed by atoms with Gasteiger partial charge < -0.3 is 10.5 Å². The number of ether oxygens (including phenoxy) is 1. The lowest BCUT2D eigenvalue weighted by atomic mass is 10.3. The Kier molecular flexibility index (Phi) is 3.03. The fourth-order valence-electron chi connectivity index (χ4n) is 1.72. The molecular formula is C10H13BrN2O. The van der Waals surface area contributed by atoms with Crippen molar-refractivity contribution in [1.29, 1.82) is 0 Å². The molecule has 1 fully saturated rings. The Morgan fingerprint density at radius 3 is 3.00 bits per heavy atom. The molecule has 3 nitrogen and oxygen atoms in total. The second-order valence-corrected chi connectivity index (χ2v) is 4.47. The predicted molar refractivity (Wildman–Crippen MR) is 58.2 cm³/mol. The van der Waals surface area contributed by atoms with Crippen LogP contribution >= 0.6 is 15.9 Å². The van der Waals surface area contributed by atoms with Crippen LogP contribution in [0, 0.1) is 0 Å². The van der Waals surface area contributed by atoms with Crippen LogP contribution in [-0.4, -0.2) is 17.1 Å². The molecule has 4 heteroatoms. The zero-order chi connectivity index (χ0) is 9.97. The van der Waals surface area contributed by atoms with Crippen molar-refractivity contribution in [1.82, 2.24) is 4.98 Å². The van der Waals surface area contributed by atoms with Crippen molar-refractivity contribution in [3.05, 3.63) is 22.9 Å². The van der Waals surface area contributed by atoms with Crippen molar-refractivity contribution in [2.75, 3.05) is 0 Å². The number of nitrogens with two attached hydrogens (primary N) is 1. The minimum Gasteiger partial charge on any atom is -0.489 e. The Balaban J connectivity index is 2.01. The lowest BCUT2D eigenvalue weighted by molar-refractivity contribution is 0.206. The molecule has 1 heterocycles. The van der Waals surface area contributed by atoms with Crippen LogP contribution in [0.1, 0.15) is 19.3 Å². The van der Waals surface area contributed by atoms with Crippen molar-refractivity contribution in [3.63, 3.8) is 0 Å². The lowest BCUT2D eigenvalue weighted by Gasteiger charge is -2.14. The maximum absolute atomic E-state index is 5.81. The molecule has 2 atom stereocenters. The van der Waals surface area contributed by atoms with Gasteiger partial charge in [0, 0.05) is 18.4 Å². The molecule has 1 aliphatic rings. The monoisotopic (exact) mass is 256 g/mol. The van der Waals surface area contributed by atoms with E-state index in [0.717, 1.165) is 29.5 Å². The summed E-state index contributed by atoms with van der Waals surface area (Å²) in [6.45, 7) is 0. The van der Waals surface area contributed by atoms with Gasteiger partial charge in [-0.15, -0.1) is 0 Å².